The molecule has 0 unspecified atom stereocenters. The molecule has 3 rings (SSSR count). The second-order valence-electron chi connectivity index (χ2n) is 7.03. The van der Waals surface area contributed by atoms with Gasteiger partial charge in [-0.25, -0.2) is 4.98 Å². The number of carbonyl (C=O) groups is 2. The fraction of sp³-hybridized carbons (Fsp3) is 0.476. The maximum atomic E-state index is 12.2. The van der Waals surface area contributed by atoms with Gasteiger partial charge in [0.2, 0.25) is 5.91 Å². The number of rotatable bonds is 10. The zero-order valence-corrected chi connectivity index (χ0v) is 19.7. The molecular weight excluding hydrogens is 458 g/mol. The second-order valence-corrected chi connectivity index (χ2v) is 9.55. The maximum absolute atomic E-state index is 12.2. The van der Waals surface area contributed by atoms with Crippen LogP contribution in [0.4, 0.5) is 0 Å². The number of hydrogen-bond donors (Lipinski definition) is 1. The Morgan fingerprint density at radius 3 is 2.97 bits per heavy atom. The molecule has 1 saturated heterocycles. The van der Waals surface area contributed by atoms with Gasteiger partial charge >= 0.3 is 5.97 Å². The molecule has 10 heteroatoms. The van der Waals surface area contributed by atoms with E-state index < -0.39 is 0 Å². The number of hydrogen-bond acceptors (Lipinski definition) is 8. The van der Waals surface area contributed by atoms with Crippen LogP contribution in [0, 0.1) is 0 Å². The molecule has 168 valence electrons. The topological polar surface area (TPSA) is 80.8 Å². The molecule has 1 N–H and O–H groups in total. The Kier molecular flexibility index (Phi) is 9.60. The fourth-order valence-corrected chi connectivity index (χ4v) is 4.90. The Morgan fingerprint density at radius 2 is 2.19 bits per heavy atom. The van der Waals surface area contributed by atoms with Gasteiger partial charge in [0.05, 0.1) is 37.2 Å². The van der Waals surface area contributed by atoms with Crippen LogP contribution in [0.5, 0.6) is 0 Å². The SMILES string of the molecule is CCOC(=O)Cc1csc(SCC(=O)NC[C@H]2CN(Cc3ccc(Cl)cc3)CCO2)n1. The lowest BCUT2D eigenvalue weighted by Gasteiger charge is -2.33. The summed E-state index contributed by atoms with van der Waals surface area (Å²) >= 11 is 8.73. The Hall–Kier alpha value is -1.65. The summed E-state index contributed by atoms with van der Waals surface area (Å²) in [5.41, 5.74) is 1.87. The highest BCUT2D eigenvalue weighted by Gasteiger charge is 2.21. The van der Waals surface area contributed by atoms with Crippen molar-refractivity contribution in [2.45, 2.75) is 30.3 Å². The van der Waals surface area contributed by atoms with Crippen LogP contribution in [0.2, 0.25) is 5.02 Å². The minimum Gasteiger partial charge on any atom is -0.466 e. The summed E-state index contributed by atoms with van der Waals surface area (Å²) in [5.74, 6) is -0.0849. The Balaban J connectivity index is 1.36. The molecule has 0 bridgehead atoms. The van der Waals surface area contributed by atoms with Gasteiger partial charge in [-0.3, -0.25) is 14.5 Å². The molecule has 1 fully saturated rings. The van der Waals surface area contributed by atoms with E-state index in [4.69, 9.17) is 21.1 Å². The van der Waals surface area contributed by atoms with Crippen LogP contribution >= 0.6 is 34.7 Å². The predicted molar refractivity (Wildman–Crippen MR) is 123 cm³/mol. The Bertz CT molecular complexity index is 863. The van der Waals surface area contributed by atoms with Gasteiger partial charge < -0.3 is 14.8 Å². The van der Waals surface area contributed by atoms with E-state index in [1.165, 1.54) is 28.7 Å². The van der Waals surface area contributed by atoms with Crippen molar-refractivity contribution >= 4 is 46.6 Å². The number of amides is 1. The molecule has 2 aromatic rings. The average Bonchev–Trinajstić information content (AvgIpc) is 3.20. The van der Waals surface area contributed by atoms with Gasteiger partial charge in [0, 0.05) is 36.6 Å². The number of halogens is 1. The van der Waals surface area contributed by atoms with Crippen LogP contribution in [0.1, 0.15) is 18.2 Å². The first-order chi connectivity index (χ1) is 15.0. The highest BCUT2D eigenvalue weighted by Crippen LogP contribution is 2.23. The van der Waals surface area contributed by atoms with Gasteiger partial charge in [0.15, 0.2) is 4.34 Å². The maximum Gasteiger partial charge on any atom is 0.311 e. The zero-order chi connectivity index (χ0) is 22.1. The fourth-order valence-electron chi connectivity index (χ4n) is 3.10. The monoisotopic (exact) mass is 483 g/mol. The molecule has 1 atom stereocenters. The molecule has 1 aliphatic rings. The summed E-state index contributed by atoms with van der Waals surface area (Å²) in [6.07, 6.45) is 0.119. The van der Waals surface area contributed by atoms with E-state index in [9.17, 15) is 9.59 Å². The lowest BCUT2D eigenvalue weighted by Crippen LogP contribution is -2.47. The number of nitrogens with one attached hydrogen (secondary N) is 1. The van der Waals surface area contributed by atoms with E-state index in [1.807, 2.05) is 29.6 Å². The lowest BCUT2D eigenvalue weighted by atomic mass is 10.2. The van der Waals surface area contributed by atoms with Gasteiger partial charge in [-0.15, -0.1) is 11.3 Å². The number of nitrogens with zero attached hydrogens (tertiary/aromatic N) is 2. The molecule has 0 spiro atoms. The summed E-state index contributed by atoms with van der Waals surface area (Å²) < 4.78 is 11.5. The highest BCUT2D eigenvalue weighted by molar-refractivity contribution is 8.01. The Morgan fingerprint density at radius 1 is 1.39 bits per heavy atom. The number of aromatic nitrogens is 1. The van der Waals surface area contributed by atoms with Crippen molar-refractivity contribution in [3.63, 3.8) is 0 Å². The third-order valence-electron chi connectivity index (χ3n) is 4.56. The van der Waals surface area contributed by atoms with Gasteiger partial charge in [0.1, 0.15) is 0 Å². The van der Waals surface area contributed by atoms with Crippen molar-refractivity contribution in [3.05, 3.63) is 45.9 Å². The molecule has 1 aromatic heterocycles. The largest absolute Gasteiger partial charge is 0.466 e. The number of benzene rings is 1. The standard InChI is InChI=1S/C21H26ClN3O4S2/c1-2-28-20(27)9-17-13-30-21(24-17)31-14-19(26)23-10-18-12-25(7-8-29-18)11-15-3-5-16(22)6-4-15/h3-6,13,18H,2,7-12,14H2,1H3,(H,23,26)/t18-/m0/s1. The van der Waals surface area contributed by atoms with Crippen molar-refractivity contribution in [3.8, 4) is 0 Å². The number of thiazole rings is 1. The highest BCUT2D eigenvalue weighted by atomic mass is 35.5. The molecule has 1 aliphatic heterocycles. The van der Waals surface area contributed by atoms with Crippen LogP contribution in [0.3, 0.4) is 0 Å². The minimum atomic E-state index is -0.292. The Labute approximate surface area is 195 Å². The van der Waals surface area contributed by atoms with E-state index in [-0.39, 0.29) is 30.2 Å². The van der Waals surface area contributed by atoms with Gasteiger partial charge in [-0.2, -0.15) is 0 Å². The smallest absolute Gasteiger partial charge is 0.311 e. The second kappa shape index (κ2) is 12.4. The predicted octanol–water partition coefficient (Wildman–Crippen LogP) is 3.01. The number of ether oxygens (including phenoxy) is 2. The van der Waals surface area contributed by atoms with Crippen LogP contribution in [-0.4, -0.2) is 66.5 Å². The molecule has 0 radical (unpaired) electrons. The third-order valence-corrected chi connectivity index (χ3v) is 6.88. The summed E-state index contributed by atoms with van der Waals surface area (Å²) in [6.45, 7) is 5.70. The van der Waals surface area contributed by atoms with Crippen molar-refractivity contribution in [1.82, 2.24) is 15.2 Å². The van der Waals surface area contributed by atoms with E-state index in [2.05, 4.69) is 15.2 Å². The van der Waals surface area contributed by atoms with Crippen LogP contribution in [-0.2, 0) is 32.0 Å². The van der Waals surface area contributed by atoms with Gasteiger partial charge in [-0.05, 0) is 24.6 Å². The molecular formula is C21H26ClN3O4S2. The molecule has 7 nitrogen and oxygen atoms in total. The number of morpholine rings is 1. The van der Waals surface area contributed by atoms with Gasteiger partial charge in [0.25, 0.3) is 0 Å². The normalized spacial score (nSPS) is 16.8. The quantitative estimate of drug-likeness (QED) is 0.411. The number of esters is 1. The van der Waals surface area contributed by atoms with Crippen LogP contribution in [0.25, 0.3) is 0 Å². The van der Waals surface area contributed by atoms with Crippen molar-refractivity contribution < 1.29 is 19.1 Å². The first-order valence-electron chi connectivity index (χ1n) is 10.1. The van der Waals surface area contributed by atoms with Crippen molar-refractivity contribution in [1.29, 1.82) is 0 Å². The average molecular weight is 484 g/mol. The van der Waals surface area contributed by atoms with Gasteiger partial charge in [-0.1, -0.05) is 35.5 Å². The van der Waals surface area contributed by atoms with E-state index in [0.29, 0.717) is 25.5 Å². The zero-order valence-electron chi connectivity index (χ0n) is 17.3. The molecule has 2 heterocycles. The summed E-state index contributed by atoms with van der Waals surface area (Å²) in [4.78, 5) is 30.4. The summed E-state index contributed by atoms with van der Waals surface area (Å²) in [6, 6.07) is 7.86. The first kappa shape index (κ1) is 24.0. The van der Waals surface area contributed by atoms with E-state index >= 15 is 0 Å². The summed E-state index contributed by atoms with van der Waals surface area (Å²) in [5, 5.41) is 5.50. The van der Waals surface area contributed by atoms with E-state index in [1.54, 1.807) is 6.92 Å². The van der Waals surface area contributed by atoms with Crippen molar-refractivity contribution in [2.75, 3.05) is 38.6 Å². The molecule has 0 aliphatic carbocycles. The number of thioether (sulfide) groups is 1. The lowest BCUT2D eigenvalue weighted by molar-refractivity contribution is -0.142. The van der Waals surface area contributed by atoms with Crippen LogP contribution in [0.15, 0.2) is 34.0 Å². The first-order valence-corrected chi connectivity index (χ1v) is 12.3. The van der Waals surface area contributed by atoms with E-state index in [0.717, 1.165) is 29.0 Å². The molecule has 31 heavy (non-hydrogen) atoms. The third kappa shape index (κ3) is 8.42. The number of carbonyl (C=O) groups excluding carboxylic acids is 2. The molecule has 0 saturated carbocycles. The summed E-state index contributed by atoms with van der Waals surface area (Å²) in [7, 11) is 0. The van der Waals surface area contributed by atoms with Crippen LogP contribution < -0.4 is 5.32 Å². The molecule has 1 amide bonds. The minimum absolute atomic E-state index is 0.0361. The van der Waals surface area contributed by atoms with Crippen molar-refractivity contribution in [2.24, 2.45) is 0 Å². The molecule has 1 aromatic carbocycles.